The molecule has 0 aliphatic rings. The first kappa shape index (κ1) is 11.1. The molecule has 0 radical (unpaired) electrons. The van der Waals surface area contributed by atoms with Gasteiger partial charge in [-0.3, -0.25) is 5.41 Å². The van der Waals surface area contributed by atoms with Crippen LogP contribution in [0.1, 0.15) is 11.3 Å². The van der Waals surface area contributed by atoms with E-state index in [4.69, 9.17) is 15.9 Å². The van der Waals surface area contributed by atoms with Gasteiger partial charge in [-0.1, -0.05) is 18.2 Å². The lowest BCUT2D eigenvalue weighted by atomic mass is 10.2. The molecule has 0 amide bonds. The summed E-state index contributed by atoms with van der Waals surface area (Å²) in [6.07, 6.45) is 2.97. The first-order valence-electron chi connectivity index (χ1n) is 5.07. The van der Waals surface area contributed by atoms with Crippen molar-refractivity contribution >= 4 is 5.84 Å². The highest BCUT2D eigenvalue weighted by Gasteiger charge is 2.11. The minimum Gasteiger partial charge on any atom is -0.437 e. The molecule has 0 saturated carbocycles. The Morgan fingerprint density at radius 1 is 1.24 bits per heavy atom. The van der Waals surface area contributed by atoms with E-state index in [2.05, 4.69) is 9.97 Å². The molecule has 3 N–H and O–H groups in total. The molecule has 17 heavy (non-hydrogen) atoms. The van der Waals surface area contributed by atoms with Gasteiger partial charge in [0.1, 0.15) is 11.6 Å². The summed E-state index contributed by atoms with van der Waals surface area (Å²) in [5.74, 6) is 0.756. The number of hydrogen-bond acceptors (Lipinski definition) is 4. The zero-order chi connectivity index (χ0) is 12.3. The average Bonchev–Trinajstić information content (AvgIpc) is 2.32. The number of nitrogens with two attached hydrogens (primary N) is 1. The second-order valence-corrected chi connectivity index (χ2v) is 3.49. The predicted octanol–water partition coefficient (Wildman–Crippen LogP) is 1.86. The minimum absolute atomic E-state index is 0.165. The molecule has 0 saturated heterocycles. The number of nitrogens with one attached hydrogen (secondary N) is 1. The number of amidine groups is 1. The number of benzene rings is 1. The first-order chi connectivity index (χ1) is 8.18. The fourth-order valence-electron chi connectivity index (χ4n) is 1.36. The molecule has 1 aromatic heterocycles. The molecular formula is C12H12N4O. The van der Waals surface area contributed by atoms with Crippen molar-refractivity contribution in [3.63, 3.8) is 0 Å². The van der Waals surface area contributed by atoms with Gasteiger partial charge >= 0.3 is 0 Å². The van der Waals surface area contributed by atoms with Crippen LogP contribution in [0.4, 0.5) is 0 Å². The summed E-state index contributed by atoms with van der Waals surface area (Å²) >= 11 is 0. The summed E-state index contributed by atoms with van der Waals surface area (Å²) in [4.78, 5) is 8.00. The van der Waals surface area contributed by atoms with Crippen LogP contribution < -0.4 is 10.5 Å². The van der Waals surface area contributed by atoms with Crippen molar-refractivity contribution in [3.8, 4) is 11.6 Å². The number of aromatic nitrogens is 2. The summed E-state index contributed by atoms with van der Waals surface area (Å²) in [5, 5.41) is 7.39. The van der Waals surface area contributed by atoms with Gasteiger partial charge in [-0.2, -0.15) is 0 Å². The minimum atomic E-state index is -0.165. The van der Waals surface area contributed by atoms with Gasteiger partial charge in [-0.15, -0.1) is 0 Å². The Labute approximate surface area is 98.8 Å². The monoisotopic (exact) mass is 228 g/mol. The molecule has 0 spiro atoms. The molecule has 86 valence electrons. The number of para-hydroxylation sites is 1. The number of hydrogen-bond donors (Lipinski definition) is 2. The third-order valence-electron chi connectivity index (χ3n) is 2.22. The topological polar surface area (TPSA) is 84.9 Å². The summed E-state index contributed by atoms with van der Waals surface area (Å²) in [5.41, 5.74) is 6.63. The third kappa shape index (κ3) is 2.39. The smallest absolute Gasteiger partial charge is 0.249 e. The van der Waals surface area contributed by atoms with Crippen LogP contribution in [0, 0.1) is 12.3 Å². The van der Waals surface area contributed by atoms with Gasteiger partial charge < -0.3 is 10.5 Å². The Hall–Kier alpha value is -2.43. The highest BCUT2D eigenvalue weighted by atomic mass is 16.5. The summed E-state index contributed by atoms with van der Waals surface area (Å²) in [6.45, 7) is 1.93. The SMILES string of the molecule is Cc1ccccc1Oc1nccnc1C(=N)N. The lowest BCUT2D eigenvalue weighted by molar-refractivity contribution is 0.455. The van der Waals surface area contributed by atoms with Crippen LogP contribution in [0.3, 0.4) is 0 Å². The Morgan fingerprint density at radius 2 is 1.94 bits per heavy atom. The number of rotatable bonds is 3. The van der Waals surface area contributed by atoms with E-state index in [9.17, 15) is 0 Å². The molecule has 5 heteroatoms. The van der Waals surface area contributed by atoms with Crippen LogP contribution >= 0.6 is 0 Å². The zero-order valence-electron chi connectivity index (χ0n) is 9.34. The molecular weight excluding hydrogens is 216 g/mol. The van der Waals surface area contributed by atoms with Gasteiger partial charge in [0, 0.05) is 12.4 Å². The Balaban J connectivity index is 2.37. The van der Waals surface area contributed by atoms with E-state index < -0.39 is 0 Å². The number of aryl methyl sites for hydroxylation is 1. The van der Waals surface area contributed by atoms with Crippen molar-refractivity contribution < 1.29 is 4.74 Å². The van der Waals surface area contributed by atoms with E-state index in [1.54, 1.807) is 0 Å². The van der Waals surface area contributed by atoms with E-state index in [0.717, 1.165) is 5.56 Å². The Bertz CT molecular complexity index is 554. The molecule has 2 aromatic rings. The summed E-state index contributed by atoms with van der Waals surface area (Å²) < 4.78 is 5.61. The highest BCUT2D eigenvalue weighted by molar-refractivity contribution is 5.95. The molecule has 0 unspecified atom stereocenters. The van der Waals surface area contributed by atoms with Crippen molar-refractivity contribution in [2.75, 3.05) is 0 Å². The van der Waals surface area contributed by atoms with Crippen LogP contribution in [-0.2, 0) is 0 Å². The van der Waals surface area contributed by atoms with Gasteiger partial charge in [-0.25, -0.2) is 9.97 Å². The fraction of sp³-hybridized carbons (Fsp3) is 0.0833. The van der Waals surface area contributed by atoms with Gasteiger partial charge in [-0.05, 0) is 18.6 Å². The quantitative estimate of drug-likeness (QED) is 0.620. The largest absolute Gasteiger partial charge is 0.437 e. The molecule has 0 bridgehead atoms. The first-order valence-corrected chi connectivity index (χ1v) is 5.07. The number of nitrogens with zero attached hydrogens (tertiary/aromatic N) is 2. The molecule has 1 aromatic carbocycles. The van der Waals surface area contributed by atoms with Crippen LogP contribution in [0.15, 0.2) is 36.7 Å². The van der Waals surface area contributed by atoms with Gasteiger partial charge in [0.25, 0.3) is 0 Å². The lowest BCUT2D eigenvalue weighted by Crippen LogP contribution is -2.15. The second-order valence-electron chi connectivity index (χ2n) is 3.49. The van der Waals surface area contributed by atoms with Crippen LogP contribution in [0.2, 0.25) is 0 Å². The van der Waals surface area contributed by atoms with E-state index in [-0.39, 0.29) is 17.4 Å². The maximum Gasteiger partial charge on any atom is 0.249 e. The van der Waals surface area contributed by atoms with Crippen LogP contribution in [0.25, 0.3) is 0 Å². The van der Waals surface area contributed by atoms with Crippen molar-refractivity contribution in [1.82, 2.24) is 9.97 Å². The molecule has 0 aliphatic carbocycles. The summed E-state index contributed by atoms with van der Waals surface area (Å²) in [6, 6.07) is 7.55. The Kier molecular flexibility index (Phi) is 3.00. The maximum absolute atomic E-state index is 7.39. The van der Waals surface area contributed by atoms with Crippen molar-refractivity contribution in [3.05, 3.63) is 47.9 Å². The zero-order valence-corrected chi connectivity index (χ0v) is 9.34. The molecule has 0 fully saturated rings. The predicted molar refractivity (Wildman–Crippen MR) is 64.3 cm³/mol. The van der Waals surface area contributed by atoms with E-state index in [0.29, 0.717) is 5.75 Å². The number of nitrogen functional groups attached to an aromatic ring is 1. The molecule has 1 heterocycles. The summed E-state index contributed by atoms with van der Waals surface area (Å²) in [7, 11) is 0. The van der Waals surface area contributed by atoms with Crippen molar-refractivity contribution in [2.24, 2.45) is 5.73 Å². The van der Waals surface area contributed by atoms with Crippen LogP contribution in [-0.4, -0.2) is 15.8 Å². The van der Waals surface area contributed by atoms with Gasteiger partial charge in [0.15, 0.2) is 5.69 Å². The second kappa shape index (κ2) is 4.61. The van der Waals surface area contributed by atoms with E-state index in [1.165, 1.54) is 12.4 Å². The lowest BCUT2D eigenvalue weighted by Gasteiger charge is -2.09. The third-order valence-corrected chi connectivity index (χ3v) is 2.22. The molecule has 5 nitrogen and oxygen atoms in total. The molecule has 2 rings (SSSR count). The van der Waals surface area contributed by atoms with E-state index in [1.807, 2.05) is 31.2 Å². The molecule has 0 atom stereocenters. The average molecular weight is 228 g/mol. The molecule has 0 aliphatic heterocycles. The number of ether oxygens (including phenoxy) is 1. The normalized spacial score (nSPS) is 9.94. The Morgan fingerprint density at radius 3 is 2.65 bits per heavy atom. The van der Waals surface area contributed by atoms with Crippen molar-refractivity contribution in [2.45, 2.75) is 6.92 Å². The van der Waals surface area contributed by atoms with Gasteiger partial charge in [0.05, 0.1) is 0 Å². The van der Waals surface area contributed by atoms with Crippen molar-refractivity contribution in [1.29, 1.82) is 5.41 Å². The fourth-order valence-corrected chi connectivity index (χ4v) is 1.36. The van der Waals surface area contributed by atoms with Crippen LogP contribution in [0.5, 0.6) is 11.6 Å². The highest BCUT2D eigenvalue weighted by Crippen LogP contribution is 2.24. The maximum atomic E-state index is 7.39. The van der Waals surface area contributed by atoms with E-state index >= 15 is 0 Å². The van der Waals surface area contributed by atoms with Gasteiger partial charge in [0.2, 0.25) is 5.88 Å². The standard InChI is InChI=1S/C12H12N4O/c1-8-4-2-3-5-9(8)17-12-10(11(13)14)15-6-7-16-12/h2-7H,1H3,(H3,13,14).